The Balaban J connectivity index is 2.35. The van der Waals surface area contributed by atoms with Gasteiger partial charge in [0.15, 0.2) is 0 Å². The Hall–Kier alpha value is -2.32. The Morgan fingerprint density at radius 3 is 2.54 bits per heavy atom. The van der Waals surface area contributed by atoms with Crippen LogP contribution in [-0.4, -0.2) is 36.2 Å². The summed E-state index contributed by atoms with van der Waals surface area (Å²) in [6.07, 6.45) is -4.04. The van der Waals surface area contributed by atoms with Crippen molar-refractivity contribution < 1.29 is 22.7 Å². The number of nitrogens with zero attached hydrogens (tertiary/aromatic N) is 2. The highest BCUT2D eigenvalue weighted by Gasteiger charge is 2.37. The molecule has 148 valence electrons. The van der Waals surface area contributed by atoms with E-state index in [2.05, 4.69) is 15.3 Å². The van der Waals surface area contributed by atoms with E-state index >= 15 is 0 Å². The summed E-state index contributed by atoms with van der Waals surface area (Å²) in [5, 5.41) is 2.48. The molecule has 0 aliphatic carbocycles. The largest absolute Gasteiger partial charge is 0.481 e. The first-order valence-corrected chi connectivity index (χ1v) is 8.83. The molecule has 5 nitrogen and oxygen atoms in total. The van der Waals surface area contributed by atoms with Crippen molar-refractivity contribution in [2.45, 2.75) is 25.2 Å². The van der Waals surface area contributed by atoms with Crippen LogP contribution in [-0.2, 0) is 11.0 Å². The van der Waals surface area contributed by atoms with Gasteiger partial charge in [-0.05, 0) is 25.1 Å². The molecule has 1 aliphatic rings. The number of benzodiazepines with no additional fused rings is 1. The van der Waals surface area contributed by atoms with Crippen LogP contribution in [0.3, 0.4) is 0 Å². The van der Waals surface area contributed by atoms with Gasteiger partial charge in [-0.2, -0.15) is 13.2 Å². The highest BCUT2D eigenvalue weighted by atomic mass is 35.5. The fourth-order valence-electron chi connectivity index (χ4n) is 2.83. The number of carbonyl (C=O) groups excluding carboxylic acids is 1. The molecule has 0 amide bonds. The number of methoxy groups -OCH3 is 1. The quantitative estimate of drug-likeness (QED) is 0.719. The molecule has 2 aromatic rings. The molecule has 0 fully saturated rings. The van der Waals surface area contributed by atoms with Gasteiger partial charge >= 0.3 is 6.18 Å². The lowest BCUT2D eigenvalue weighted by Crippen LogP contribution is -2.31. The van der Waals surface area contributed by atoms with E-state index in [1.54, 1.807) is 6.92 Å². The van der Waals surface area contributed by atoms with Gasteiger partial charge in [-0.1, -0.05) is 23.2 Å². The fraction of sp³-hybridized carbons (Fsp3) is 0.278. The zero-order valence-electron chi connectivity index (χ0n) is 14.6. The number of fused-ring (bicyclic) bond motifs is 1. The van der Waals surface area contributed by atoms with Crippen LogP contribution in [0.4, 0.5) is 18.9 Å². The second kappa shape index (κ2) is 7.60. The van der Waals surface area contributed by atoms with Gasteiger partial charge in [0, 0.05) is 17.3 Å². The van der Waals surface area contributed by atoms with Crippen molar-refractivity contribution in [3.63, 3.8) is 0 Å². The third-order valence-corrected chi connectivity index (χ3v) is 4.96. The molecule has 10 heteroatoms. The number of pyridine rings is 1. The maximum absolute atomic E-state index is 13.4. The van der Waals surface area contributed by atoms with Crippen molar-refractivity contribution in [2.75, 3.05) is 12.4 Å². The minimum Gasteiger partial charge on any atom is -0.481 e. The molecule has 0 bridgehead atoms. The molecule has 2 heterocycles. The summed E-state index contributed by atoms with van der Waals surface area (Å²) in [6, 6.07) is 3.68. The smallest absolute Gasteiger partial charge is 0.417 e. The summed E-state index contributed by atoms with van der Waals surface area (Å²) < 4.78 is 45.3. The Morgan fingerprint density at radius 2 is 1.93 bits per heavy atom. The van der Waals surface area contributed by atoms with E-state index in [1.807, 2.05) is 0 Å². The summed E-state index contributed by atoms with van der Waals surface area (Å²) in [7, 11) is 1.39. The number of ether oxygens (including phenoxy) is 1. The summed E-state index contributed by atoms with van der Waals surface area (Å²) >= 11 is 12.4. The van der Waals surface area contributed by atoms with Gasteiger partial charge in [0.05, 0.1) is 34.5 Å². The Kier molecular flexibility index (Phi) is 5.54. The molecule has 0 saturated heterocycles. The average molecular weight is 432 g/mol. The minimum absolute atomic E-state index is 0.0321. The number of aromatic nitrogens is 1. The van der Waals surface area contributed by atoms with Gasteiger partial charge < -0.3 is 14.8 Å². The topological polar surface area (TPSA) is 63.6 Å². The van der Waals surface area contributed by atoms with E-state index in [4.69, 9.17) is 27.9 Å². The minimum atomic E-state index is -4.68. The second-order valence-corrected chi connectivity index (χ2v) is 6.84. The van der Waals surface area contributed by atoms with Gasteiger partial charge in [0.1, 0.15) is 18.0 Å². The lowest BCUT2D eigenvalue weighted by Gasteiger charge is -2.18. The summed E-state index contributed by atoms with van der Waals surface area (Å²) in [5.41, 5.74) is -0.698. The van der Waals surface area contributed by atoms with E-state index in [9.17, 15) is 18.0 Å². The van der Waals surface area contributed by atoms with E-state index in [-0.39, 0.29) is 33.6 Å². The third-order valence-electron chi connectivity index (χ3n) is 4.26. The second-order valence-electron chi connectivity index (χ2n) is 6.06. The van der Waals surface area contributed by atoms with Gasteiger partial charge in [0.2, 0.25) is 5.88 Å². The van der Waals surface area contributed by atoms with Crippen molar-refractivity contribution >= 4 is 40.9 Å². The molecular weight excluding hydrogens is 418 g/mol. The normalized spacial score (nSPS) is 19.2. The molecule has 0 saturated carbocycles. The van der Waals surface area contributed by atoms with Crippen LogP contribution < -0.4 is 10.1 Å². The molecule has 0 radical (unpaired) electrons. The van der Waals surface area contributed by atoms with Crippen LogP contribution in [0.5, 0.6) is 5.88 Å². The molecule has 28 heavy (non-hydrogen) atoms. The number of hydrogen-bond acceptors (Lipinski definition) is 5. The molecule has 1 aromatic carbocycles. The number of benzene rings is 1. The predicted octanol–water partition coefficient (Wildman–Crippen LogP) is 4.63. The first kappa shape index (κ1) is 20.4. The Bertz CT molecular complexity index is 964. The Morgan fingerprint density at radius 1 is 1.21 bits per heavy atom. The monoisotopic (exact) mass is 431 g/mol. The lowest BCUT2D eigenvalue weighted by atomic mass is 10.0. The number of aliphatic imine (C=N–C) groups is 1. The van der Waals surface area contributed by atoms with Crippen molar-refractivity contribution in [3.8, 4) is 5.88 Å². The number of nitrogens with one attached hydrogen (secondary N) is 1. The summed E-state index contributed by atoms with van der Waals surface area (Å²) in [5.74, 6) is 0.198. The molecule has 1 unspecified atom stereocenters. The van der Waals surface area contributed by atoms with Gasteiger partial charge in [0.25, 0.3) is 0 Å². The van der Waals surface area contributed by atoms with Crippen LogP contribution in [0.25, 0.3) is 0 Å². The standard InChI is InChI=1S/C18H14Cl2F3N3O2/c1-8-12(7-27)25-11-5-3-9(18(21,22)23)15(20)14(11)17(24-8)16-10(19)4-6-13(26-16)28-2/h3-8,12,25H,1-2H3/t8-,12?/m0/s1. The van der Waals surface area contributed by atoms with Crippen molar-refractivity contribution in [1.29, 1.82) is 0 Å². The van der Waals surface area contributed by atoms with Crippen LogP contribution in [0, 0.1) is 0 Å². The number of carbonyl (C=O) groups is 1. The molecule has 1 aromatic heterocycles. The Labute approximate surface area is 168 Å². The molecular formula is C18H14Cl2F3N3O2. The highest BCUT2D eigenvalue weighted by molar-refractivity contribution is 6.40. The predicted molar refractivity (Wildman–Crippen MR) is 101 cm³/mol. The van der Waals surface area contributed by atoms with Crippen LogP contribution in [0.1, 0.15) is 23.7 Å². The summed E-state index contributed by atoms with van der Waals surface area (Å²) in [4.78, 5) is 20.1. The zero-order valence-corrected chi connectivity index (χ0v) is 16.2. The average Bonchev–Trinajstić information content (AvgIpc) is 2.78. The van der Waals surface area contributed by atoms with Crippen molar-refractivity contribution in [1.82, 2.24) is 4.98 Å². The first-order chi connectivity index (χ1) is 13.2. The lowest BCUT2D eigenvalue weighted by molar-refractivity contribution is -0.137. The number of alkyl halides is 3. The maximum atomic E-state index is 13.4. The molecule has 1 aliphatic heterocycles. The number of hydrogen-bond donors (Lipinski definition) is 1. The van der Waals surface area contributed by atoms with E-state index in [1.165, 1.54) is 25.3 Å². The van der Waals surface area contributed by atoms with E-state index in [0.717, 1.165) is 6.07 Å². The summed E-state index contributed by atoms with van der Waals surface area (Å²) in [6.45, 7) is 1.64. The maximum Gasteiger partial charge on any atom is 0.417 e. The number of halogens is 5. The van der Waals surface area contributed by atoms with E-state index < -0.39 is 28.8 Å². The third kappa shape index (κ3) is 3.66. The number of anilines is 1. The van der Waals surface area contributed by atoms with Crippen LogP contribution in [0.2, 0.25) is 10.0 Å². The van der Waals surface area contributed by atoms with Crippen LogP contribution in [0.15, 0.2) is 29.3 Å². The van der Waals surface area contributed by atoms with Gasteiger partial charge in [-0.3, -0.25) is 4.99 Å². The van der Waals surface area contributed by atoms with E-state index in [0.29, 0.717) is 6.29 Å². The van der Waals surface area contributed by atoms with Gasteiger partial charge in [-0.15, -0.1) is 0 Å². The fourth-order valence-corrected chi connectivity index (χ4v) is 3.38. The highest BCUT2D eigenvalue weighted by Crippen LogP contribution is 2.41. The first-order valence-electron chi connectivity index (χ1n) is 8.08. The van der Waals surface area contributed by atoms with Gasteiger partial charge in [-0.25, -0.2) is 4.98 Å². The van der Waals surface area contributed by atoms with Crippen LogP contribution >= 0.6 is 23.2 Å². The zero-order chi connectivity index (χ0) is 20.6. The number of aldehydes is 1. The molecule has 2 atom stereocenters. The SMILES string of the molecule is COc1ccc(Cl)c(C2=N[C@@H](C)C(C=O)Nc3ccc(C(F)(F)F)c(Cl)c32)n1. The molecule has 1 N–H and O–H groups in total. The van der Waals surface area contributed by atoms with Crippen molar-refractivity contribution in [2.24, 2.45) is 4.99 Å². The molecule has 0 spiro atoms. The molecule has 3 rings (SSSR count). The number of rotatable bonds is 3. The van der Waals surface area contributed by atoms with Crippen molar-refractivity contribution in [3.05, 3.63) is 51.1 Å².